The van der Waals surface area contributed by atoms with Crippen LogP contribution in [-0.2, 0) is 13.0 Å². The maximum Gasteiger partial charge on any atom is 0.189 e. The number of benzene rings is 3. The van der Waals surface area contributed by atoms with Crippen molar-refractivity contribution in [1.82, 2.24) is 4.57 Å². The minimum absolute atomic E-state index is 0.164. The summed E-state index contributed by atoms with van der Waals surface area (Å²) in [6.45, 7) is 3.10. The smallest absolute Gasteiger partial charge is 0.189 e. The topological polar surface area (TPSA) is 22.0 Å². The molecule has 0 aliphatic heterocycles. The Morgan fingerprint density at radius 3 is 2.54 bits per heavy atom. The lowest BCUT2D eigenvalue weighted by Gasteiger charge is -2.04. The first-order valence-electron chi connectivity index (χ1n) is 9.10. The number of fused-ring (bicyclic) bond motifs is 4. The highest BCUT2D eigenvalue weighted by Gasteiger charge is 2.24. The Kier molecular flexibility index (Phi) is 3.32. The molecular weight excluding hydrogens is 318 g/mol. The molecular formula is C24H19NO. The van der Waals surface area contributed by atoms with Gasteiger partial charge in [0.25, 0.3) is 0 Å². The van der Waals surface area contributed by atoms with Gasteiger partial charge in [0.2, 0.25) is 0 Å². The highest BCUT2D eigenvalue weighted by atomic mass is 16.1. The van der Waals surface area contributed by atoms with Gasteiger partial charge in [-0.05, 0) is 36.3 Å². The van der Waals surface area contributed by atoms with E-state index in [0.717, 1.165) is 35.2 Å². The summed E-state index contributed by atoms with van der Waals surface area (Å²) in [6, 6.07) is 23.0. The van der Waals surface area contributed by atoms with Crippen molar-refractivity contribution >= 4 is 33.7 Å². The van der Waals surface area contributed by atoms with Crippen LogP contribution < -0.4 is 0 Å². The summed E-state index contributed by atoms with van der Waals surface area (Å²) in [5, 5.41) is 2.55. The van der Waals surface area contributed by atoms with Crippen molar-refractivity contribution in [3.05, 3.63) is 89.0 Å². The Labute approximate surface area is 152 Å². The van der Waals surface area contributed by atoms with E-state index in [1.165, 1.54) is 21.8 Å². The SMILES string of the molecule is CCn1c2ccccc2c2ccc(C=C3Cc4ccccc4C3=O)cc21. The van der Waals surface area contributed by atoms with E-state index in [0.29, 0.717) is 0 Å². The zero-order chi connectivity index (χ0) is 17.7. The number of nitrogens with zero attached hydrogens (tertiary/aromatic N) is 1. The van der Waals surface area contributed by atoms with Crippen LogP contribution in [0.1, 0.15) is 28.4 Å². The third kappa shape index (κ3) is 2.15. The third-order valence-electron chi connectivity index (χ3n) is 5.39. The zero-order valence-corrected chi connectivity index (χ0v) is 14.7. The van der Waals surface area contributed by atoms with Crippen LogP contribution in [0.25, 0.3) is 27.9 Å². The van der Waals surface area contributed by atoms with Crippen LogP contribution >= 0.6 is 0 Å². The Hall–Kier alpha value is -3.13. The van der Waals surface area contributed by atoms with Crippen molar-refractivity contribution in [1.29, 1.82) is 0 Å². The summed E-state index contributed by atoms with van der Waals surface area (Å²) in [5.74, 6) is 0.164. The molecule has 0 saturated carbocycles. The minimum Gasteiger partial charge on any atom is -0.341 e. The summed E-state index contributed by atoms with van der Waals surface area (Å²) in [6.07, 6.45) is 2.78. The number of ketones is 1. The lowest BCUT2D eigenvalue weighted by Crippen LogP contribution is -1.95. The van der Waals surface area contributed by atoms with E-state index in [4.69, 9.17) is 0 Å². The monoisotopic (exact) mass is 337 g/mol. The number of aromatic nitrogens is 1. The molecule has 5 rings (SSSR count). The fourth-order valence-corrected chi connectivity index (χ4v) is 4.17. The lowest BCUT2D eigenvalue weighted by atomic mass is 10.1. The van der Waals surface area contributed by atoms with Crippen LogP contribution in [0.3, 0.4) is 0 Å². The van der Waals surface area contributed by atoms with Crippen LogP contribution in [0.5, 0.6) is 0 Å². The van der Waals surface area contributed by atoms with Crippen molar-refractivity contribution in [2.45, 2.75) is 19.9 Å². The van der Waals surface area contributed by atoms with Gasteiger partial charge in [-0.15, -0.1) is 0 Å². The van der Waals surface area contributed by atoms with Gasteiger partial charge in [-0.25, -0.2) is 0 Å². The molecule has 0 radical (unpaired) electrons. The largest absolute Gasteiger partial charge is 0.341 e. The summed E-state index contributed by atoms with van der Waals surface area (Å²) >= 11 is 0. The molecule has 126 valence electrons. The number of carbonyl (C=O) groups excluding carboxylic acids is 1. The fourth-order valence-electron chi connectivity index (χ4n) is 4.17. The highest BCUT2D eigenvalue weighted by Crippen LogP contribution is 2.32. The first-order chi connectivity index (χ1) is 12.8. The number of hydrogen-bond donors (Lipinski definition) is 0. The molecule has 2 nitrogen and oxygen atoms in total. The van der Waals surface area contributed by atoms with Crippen LogP contribution in [-0.4, -0.2) is 10.4 Å². The van der Waals surface area contributed by atoms with Crippen LogP contribution in [0.2, 0.25) is 0 Å². The first-order valence-corrected chi connectivity index (χ1v) is 9.10. The minimum atomic E-state index is 0.164. The zero-order valence-electron chi connectivity index (χ0n) is 14.7. The number of allylic oxidation sites excluding steroid dienone is 1. The Bertz CT molecular complexity index is 1210. The first kappa shape index (κ1) is 15.2. The standard InChI is InChI=1S/C24H19NO/c1-2-25-22-10-6-5-9-20(22)21-12-11-16(14-23(21)25)13-18-15-17-7-3-4-8-19(17)24(18)26/h3-14H,2,15H2,1H3. The van der Waals surface area contributed by atoms with Crippen molar-refractivity contribution < 1.29 is 4.79 Å². The van der Waals surface area contributed by atoms with Crippen LogP contribution in [0.4, 0.5) is 0 Å². The van der Waals surface area contributed by atoms with Crippen molar-refractivity contribution in [3.63, 3.8) is 0 Å². The molecule has 0 N–H and O–H groups in total. The molecule has 1 heterocycles. The van der Waals surface area contributed by atoms with Gasteiger partial charge in [0.1, 0.15) is 0 Å². The van der Waals surface area contributed by atoms with Gasteiger partial charge in [-0.1, -0.05) is 54.6 Å². The van der Waals surface area contributed by atoms with Crippen molar-refractivity contribution in [2.24, 2.45) is 0 Å². The molecule has 0 bridgehead atoms. The predicted octanol–water partition coefficient (Wildman–Crippen LogP) is 5.64. The maximum atomic E-state index is 12.7. The second kappa shape index (κ2) is 5.70. The molecule has 0 spiro atoms. The van der Waals surface area contributed by atoms with Gasteiger partial charge in [0.15, 0.2) is 5.78 Å². The number of hydrogen-bond acceptors (Lipinski definition) is 1. The third-order valence-corrected chi connectivity index (χ3v) is 5.39. The van der Waals surface area contributed by atoms with Gasteiger partial charge in [0.05, 0.1) is 0 Å². The molecule has 26 heavy (non-hydrogen) atoms. The van der Waals surface area contributed by atoms with Gasteiger partial charge in [-0.2, -0.15) is 0 Å². The van der Waals surface area contributed by atoms with Crippen molar-refractivity contribution in [3.8, 4) is 0 Å². The van der Waals surface area contributed by atoms with Gasteiger partial charge < -0.3 is 4.57 Å². The van der Waals surface area contributed by atoms with Gasteiger partial charge >= 0.3 is 0 Å². The summed E-state index contributed by atoms with van der Waals surface area (Å²) in [4.78, 5) is 12.7. The summed E-state index contributed by atoms with van der Waals surface area (Å²) in [5.41, 5.74) is 6.44. The van der Waals surface area contributed by atoms with E-state index in [2.05, 4.69) is 60.0 Å². The average Bonchev–Trinajstić information content (AvgIpc) is 3.16. The Balaban J connectivity index is 1.65. The molecule has 4 aromatic rings. The second-order valence-corrected chi connectivity index (χ2v) is 6.87. The predicted molar refractivity (Wildman–Crippen MR) is 108 cm³/mol. The van der Waals surface area contributed by atoms with E-state index < -0.39 is 0 Å². The number of Topliss-reactive ketones (excluding diaryl/α,β-unsaturated/α-hetero) is 1. The number of para-hydroxylation sites is 1. The molecule has 0 fully saturated rings. The van der Waals surface area contributed by atoms with Gasteiger partial charge in [0, 0.05) is 45.9 Å². The molecule has 0 saturated heterocycles. The quantitative estimate of drug-likeness (QED) is 0.434. The van der Waals surface area contributed by atoms with E-state index in [-0.39, 0.29) is 5.78 Å². The molecule has 1 aliphatic rings. The van der Waals surface area contributed by atoms with Crippen LogP contribution in [0, 0.1) is 0 Å². The number of rotatable bonds is 2. The molecule has 1 aliphatic carbocycles. The maximum absolute atomic E-state index is 12.7. The van der Waals surface area contributed by atoms with Crippen LogP contribution in [0.15, 0.2) is 72.3 Å². The van der Waals surface area contributed by atoms with E-state index in [1.54, 1.807) is 0 Å². The normalized spacial score (nSPS) is 15.3. The number of aryl methyl sites for hydroxylation is 1. The molecule has 0 unspecified atom stereocenters. The van der Waals surface area contributed by atoms with Gasteiger partial charge in [-0.3, -0.25) is 4.79 Å². The molecule has 3 aromatic carbocycles. The Morgan fingerprint density at radius 1 is 0.923 bits per heavy atom. The molecule has 2 heteroatoms. The molecule has 0 atom stereocenters. The van der Waals surface area contributed by atoms with E-state index in [9.17, 15) is 4.79 Å². The van der Waals surface area contributed by atoms with E-state index >= 15 is 0 Å². The summed E-state index contributed by atoms with van der Waals surface area (Å²) in [7, 11) is 0. The van der Waals surface area contributed by atoms with Crippen molar-refractivity contribution in [2.75, 3.05) is 0 Å². The Morgan fingerprint density at radius 2 is 1.69 bits per heavy atom. The second-order valence-electron chi connectivity index (χ2n) is 6.87. The van der Waals surface area contributed by atoms with E-state index in [1.807, 2.05) is 24.3 Å². The molecule has 1 aromatic heterocycles. The molecule has 0 amide bonds. The highest BCUT2D eigenvalue weighted by molar-refractivity contribution is 6.16. The summed E-state index contributed by atoms with van der Waals surface area (Å²) < 4.78 is 2.35. The number of carbonyl (C=O) groups is 1. The fraction of sp³-hybridized carbons (Fsp3) is 0.125. The average molecular weight is 337 g/mol. The lowest BCUT2D eigenvalue weighted by molar-refractivity contribution is 0.104.